The number of halogens is 2. The number of piperazine rings is 1. The zero-order valence-corrected chi connectivity index (χ0v) is 16.0. The van der Waals surface area contributed by atoms with Crippen molar-refractivity contribution in [3.63, 3.8) is 0 Å². The Morgan fingerprint density at radius 3 is 2.45 bits per heavy atom. The summed E-state index contributed by atoms with van der Waals surface area (Å²) in [6, 6.07) is 9.79. The fourth-order valence-corrected chi connectivity index (χ4v) is 3.24. The summed E-state index contributed by atoms with van der Waals surface area (Å²) in [5.74, 6) is -1.55. The molecule has 1 fully saturated rings. The van der Waals surface area contributed by atoms with E-state index in [-0.39, 0.29) is 28.0 Å². The van der Waals surface area contributed by atoms with E-state index >= 15 is 0 Å². The van der Waals surface area contributed by atoms with E-state index in [2.05, 4.69) is 0 Å². The standard InChI is InChI=1S/C19H17ClFN3O5/c20-15-11-13(24(27)28)5-6-14(15)19(26)29-12-18(25)23-9-7-22(8-10-23)17-4-2-1-3-16(17)21/h1-6,11H,7-10,12H2. The highest BCUT2D eigenvalue weighted by Crippen LogP contribution is 2.23. The fraction of sp³-hybridized carbons (Fsp3) is 0.263. The van der Waals surface area contributed by atoms with Crippen LogP contribution in [0.15, 0.2) is 42.5 Å². The van der Waals surface area contributed by atoms with Gasteiger partial charge in [0.05, 0.1) is 21.2 Å². The Bertz CT molecular complexity index is 947. The quantitative estimate of drug-likeness (QED) is 0.418. The van der Waals surface area contributed by atoms with Gasteiger partial charge in [-0.3, -0.25) is 14.9 Å². The number of amides is 1. The van der Waals surface area contributed by atoms with E-state index in [0.717, 1.165) is 12.1 Å². The maximum Gasteiger partial charge on any atom is 0.340 e. The lowest BCUT2D eigenvalue weighted by Gasteiger charge is -2.36. The largest absolute Gasteiger partial charge is 0.452 e. The van der Waals surface area contributed by atoms with E-state index in [9.17, 15) is 24.1 Å². The number of anilines is 1. The second kappa shape index (κ2) is 8.87. The molecule has 3 rings (SSSR count). The van der Waals surface area contributed by atoms with Crippen molar-refractivity contribution in [1.29, 1.82) is 0 Å². The van der Waals surface area contributed by atoms with Gasteiger partial charge in [0.25, 0.3) is 11.6 Å². The van der Waals surface area contributed by atoms with Crippen LogP contribution in [0.3, 0.4) is 0 Å². The number of carbonyl (C=O) groups excluding carboxylic acids is 2. The molecular formula is C19H17ClFN3O5. The number of nitro groups is 1. The Morgan fingerprint density at radius 1 is 1.14 bits per heavy atom. The molecule has 1 saturated heterocycles. The maximum atomic E-state index is 13.9. The third-order valence-electron chi connectivity index (χ3n) is 4.54. The van der Waals surface area contributed by atoms with Crippen LogP contribution in [0.4, 0.5) is 15.8 Å². The average Bonchev–Trinajstić information content (AvgIpc) is 2.72. The number of benzene rings is 2. The summed E-state index contributed by atoms with van der Waals surface area (Å²) in [5.41, 5.74) is 0.170. The van der Waals surface area contributed by atoms with Crippen molar-refractivity contribution in [2.45, 2.75) is 0 Å². The molecule has 2 aromatic carbocycles. The van der Waals surface area contributed by atoms with E-state index in [0.29, 0.717) is 31.9 Å². The molecule has 8 nitrogen and oxygen atoms in total. The molecule has 29 heavy (non-hydrogen) atoms. The highest BCUT2D eigenvalue weighted by atomic mass is 35.5. The zero-order chi connectivity index (χ0) is 21.0. The number of para-hydroxylation sites is 1. The van der Waals surface area contributed by atoms with Crippen molar-refractivity contribution in [1.82, 2.24) is 4.90 Å². The van der Waals surface area contributed by atoms with Gasteiger partial charge in [-0.05, 0) is 18.2 Å². The van der Waals surface area contributed by atoms with Crippen molar-refractivity contribution in [3.05, 3.63) is 69.0 Å². The van der Waals surface area contributed by atoms with Crippen LogP contribution in [0.25, 0.3) is 0 Å². The van der Waals surface area contributed by atoms with Crippen LogP contribution >= 0.6 is 11.6 Å². The van der Waals surface area contributed by atoms with Crippen molar-refractivity contribution >= 4 is 34.9 Å². The molecule has 0 aromatic heterocycles. The molecule has 1 heterocycles. The topological polar surface area (TPSA) is 93.0 Å². The molecule has 0 saturated carbocycles. The molecule has 1 aliphatic rings. The number of esters is 1. The van der Waals surface area contributed by atoms with E-state index in [1.807, 2.05) is 4.90 Å². The number of hydrogen-bond acceptors (Lipinski definition) is 6. The Labute approximate surface area is 170 Å². The van der Waals surface area contributed by atoms with Crippen LogP contribution < -0.4 is 4.90 Å². The maximum absolute atomic E-state index is 13.9. The number of hydrogen-bond donors (Lipinski definition) is 0. The molecule has 0 bridgehead atoms. The van der Waals surface area contributed by atoms with Crippen molar-refractivity contribution in [2.24, 2.45) is 0 Å². The highest BCUT2D eigenvalue weighted by Gasteiger charge is 2.24. The van der Waals surface area contributed by atoms with Crippen LogP contribution in [-0.2, 0) is 9.53 Å². The van der Waals surface area contributed by atoms with Gasteiger partial charge in [0, 0.05) is 38.3 Å². The van der Waals surface area contributed by atoms with Crippen molar-refractivity contribution < 1.29 is 23.6 Å². The molecule has 0 spiro atoms. The first-order chi connectivity index (χ1) is 13.9. The first-order valence-electron chi connectivity index (χ1n) is 8.75. The molecule has 0 atom stereocenters. The smallest absolute Gasteiger partial charge is 0.340 e. The Kier molecular flexibility index (Phi) is 6.28. The molecule has 152 valence electrons. The first kappa shape index (κ1) is 20.5. The average molecular weight is 422 g/mol. The second-order valence-electron chi connectivity index (χ2n) is 6.32. The lowest BCUT2D eigenvalue weighted by atomic mass is 10.2. The second-order valence-corrected chi connectivity index (χ2v) is 6.72. The predicted octanol–water partition coefficient (Wildman–Crippen LogP) is 2.89. The summed E-state index contributed by atoms with van der Waals surface area (Å²) in [6.45, 7) is 1.15. The highest BCUT2D eigenvalue weighted by molar-refractivity contribution is 6.33. The molecular weight excluding hydrogens is 405 g/mol. The molecule has 2 aromatic rings. The number of carbonyl (C=O) groups is 2. The number of nitrogens with zero attached hydrogens (tertiary/aromatic N) is 3. The SMILES string of the molecule is O=C(OCC(=O)N1CCN(c2ccccc2F)CC1)c1ccc([N+](=O)[O-])cc1Cl. The van der Waals surface area contributed by atoms with Crippen LogP contribution in [0.2, 0.25) is 5.02 Å². The summed E-state index contributed by atoms with van der Waals surface area (Å²) in [7, 11) is 0. The van der Waals surface area contributed by atoms with Crippen LogP contribution in [0, 0.1) is 15.9 Å². The molecule has 0 aliphatic carbocycles. The lowest BCUT2D eigenvalue weighted by Crippen LogP contribution is -2.50. The van der Waals surface area contributed by atoms with Crippen LogP contribution in [0.5, 0.6) is 0 Å². The number of non-ortho nitro benzene ring substituents is 1. The Morgan fingerprint density at radius 2 is 1.83 bits per heavy atom. The lowest BCUT2D eigenvalue weighted by molar-refractivity contribution is -0.384. The van der Waals surface area contributed by atoms with E-state index in [4.69, 9.17) is 16.3 Å². The molecule has 1 aliphatic heterocycles. The van der Waals surface area contributed by atoms with Gasteiger partial charge >= 0.3 is 5.97 Å². The van der Waals surface area contributed by atoms with E-state index < -0.39 is 17.5 Å². The van der Waals surface area contributed by atoms with Gasteiger partial charge in [-0.1, -0.05) is 23.7 Å². The molecule has 0 unspecified atom stereocenters. The summed E-state index contributed by atoms with van der Waals surface area (Å²) < 4.78 is 18.9. The van der Waals surface area contributed by atoms with E-state index in [1.165, 1.54) is 17.0 Å². The summed E-state index contributed by atoms with van der Waals surface area (Å²) in [6.07, 6.45) is 0. The van der Waals surface area contributed by atoms with Crippen LogP contribution in [0.1, 0.15) is 10.4 Å². The van der Waals surface area contributed by atoms with Gasteiger partial charge in [0.2, 0.25) is 0 Å². The van der Waals surface area contributed by atoms with Gasteiger partial charge in [-0.25, -0.2) is 9.18 Å². The minimum atomic E-state index is -0.844. The third-order valence-corrected chi connectivity index (χ3v) is 4.85. The Hall–Kier alpha value is -3.20. The van der Waals surface area contributed by atoms with Gasteiger partial charge in [0.15, 0.2) is 6.61 Å². The summed E-state index contributed by atoms with van der Waals surface area (Å²) in [4.78, 5) is 37.9. The van der Waals surface area contributed by atoms with Gasteiger partial charge < -0.3 is 14.5 Å². The predicted molar refractivity (Wildman–Crippen MR) is 104 cm³/mol. The summed E-state index contributed by atoms with van der Waals surface area (Å²) >= 11 is 5.88. The van der Waals surface area contributed by atoms with E-state index in [1.54, 1.807) is 18.2 Å². The Balaban J connectivity index is 1.52. The summed E-state index contributed by atoms with van der Waals surface area (Å²) in [5, 5.41) is 10.6. The fourth-order valence-electron chi connectivity index (χ4n) is 2.98. The normalized spacial score (nSPS) is 13.9. The van der Waals surface area contributed by atoms with Gasteiger partial charge in [0.1, 0.15) is 5.82 Å². The molecule has 1 amide bonds. The monoisotopic (exact) mass is 421 g/mol. The number of rotatable bonds is 5. The van der Waals surface area contributed by atoms with Crippen molar-refractivity contribution in [3.8, 4) is 0 Å². The van der Waals surface area contributed by atoms with Gasteiger partial charge in [-0.2, -0.15) is 0 Å². The molecule has 0 N–H and O–H groups in total. The van der Waals surface area contributed by atoms with Gasteiger partial charge in [-0.15, -0.1) is 0 Å². The first-order valence-corrected chi connectivity index (χ1v) is 9.13. The minimum absolute atomic E-state index is 0.0607. The molecule has 10 heteroatoms. The zero-order valence-electron chi connectivity index (χ0n) is 15.2. The molecule has 0 radical (unpaired) electrons. The van der Waals surface area contributed by atoms with Crippen molar-refractivity contribution in [2.75, 3.05) is 37.7 Å². The third kappa shape index (κ3) is 4.80. The number of nitro benzene ring substituents is 1. The van der Waals surface area contributed by atoms with Crippen LogP contribution in [-0.4, -0.2) is 54.5 Å². The number of ether oxygens (including phenoxy) is 1. The minimum Gasteiger partial charge on any atom is -0.452 e.